The summed E-state index contributed by atoms with van der Waals surface area (Å²) in [6.07, 6.45) is 2.80. The van der Waals surface area contributed by atoms with E-state index in [1.54, 1.807) is 0 Å². The molecule has 2 aromatic carbocycles. The second kappa shape index (κ2) is 7.18. The average molecular weight is 399 g/mol. The molecule has 0 aliphatic carbocycles. The molecule has 1 aliphatic heterocycles. The summed E-state index contributed by atoms with van der Waals surface area (Å²) in [7, 11) is 0. The molecule has 1 N–H and O–H groups in total. The van der Waals surface area contributed by atoms with Gasteiger partial charge in [0.1, 0.15) is 12.1 Å². The Hall–Kier alpha value is -2.63. The third kappa shape index (κ3) is 3.36. The number of carbonyl (C=O) groups excluding carboxylic acids is 1. The fraction of sp³-hybridized carbons (Fsp3) is 0.150. The van der Waals surface area contributed by atoms with Crippen LogP contribution in [0.25, 0.3) is 22.0 Å². The number of fused-ring (bicyclic) bond motifs is 1. The number of hydrogen-bond acceptors (Lipinski definition) is 4. The number of aromatic nitrogens is 2. The average Bonchev–Trinajstić information content (AvgIpc) is 2.64. The number of benzene rings is 2. The lowest BCUT2D eigenvalue weighted by Gasteiger charge is -2.40. The van der Waals surface area contributed by atoms with Crippen LogP contribution < -0.4 is 10.2 Å². The minimum Gasteiger partial charge on any atom is -0.352 e. The zero-order valence-electron chi connectivity index (χ0n) is 14.3. The van der Waals surface area contributed by atoms with Crippen molar-refractivity contribution in [2.45, 2.75) is 6.04 Å². The molecule has 136 valence electrons. The van der Waals surface area contributed by atoms with E-state index in [0.717, 1.165) is 27.8 Å². The zero-order valence-corrected chi connectivity index (χ0v) is 15.8. The monoisotopic (exact) mass is 398 g/mol. The second-order valence-electron chi connectivity index (χ2n) is 6.34. The van der Waals surface area contributed by atoms with Crippen LogP contribution in [-0.4, -0.2) is 35.0 Å². The molecule has 0 radical (unpaired) electrons. The predicted molar refractivity (Wildman–Crippen MR) is 109 cm³/mol. The highest BCUT2D eigenvalue weighted by Gasteiger charge is 2.30. The molecule has 0 bridgehead atoms. The number of anilines is 1. The molecule has 5 nitrogen and oxygen atoms in total. The first-order valence-corrected chi connectivity index (χ1v) is 9.19. The largest absolute Gasteiger partial charge is 0.352 e. The molecular formula is C20H16Cl2N4O. The summed E-state index contributed by atoms with van der Waals surface area (Å²) in [5.74, 6) is 0.647. The zero-order chi connectivity index (χ0) is 19.0. The van der Waals surface area contributed by atoms with Gasteiger partial charge in [0, 0.05) is 34.6 Å². The molecule has 4 rings (SSSR count). The van der Waals surface area contributed by atoms with Crippen molar-refractivity contribution < 1.29 is 4.79 Å². The van der Waals surface area contributed by atoms with Gasteiger partial charge in [0.2, 0.25) is 5.91 Å². The molecule has 0 atom stereocenters. The Morgan fingerprint density at radius 3 is 2.67 bits per heavy atom. The second-order valence-corrected chi connectivity index (χ2v) is 7.16. The lowest BCUT2D eigenvalue weighted by atomic mass is 10.0. The molecule has 3 aromatic rings. The minimum atomic E-state index is -0.167. The van der Waals surface area contributed by atoms with E-state index in [1.807, 2.05) is 36.4 Å². The lowest BCUT2D eigenvalue weighted by molar-refractivity contribution is -0.117. The Bertz CT molecular complexity index is 1050. The van der Waals surface area contributed by atoms with Gasteiger partial charge in [-0.2, -0.15) is 0 Å². The smallest absolute Gasteiger partial charge is 0.243 e. The maximum absolute atomic E-state index is 11.4. The van der Waals surface area contributed by atoms with Crippen LogP contribution in [0.1, 0.15) is 0 Å². The Morgan fingerprint density at radius 1 is 1.15 bits per heavy atom. The number of nitrogens with one attached hydrogen (secondary N) is 1. The van der Waals surface area contributed by atoms with E-state index < -0.39 is 0 Å². The van der Waals surface area contributed by atoms with Crippen LogP contribution in [0.4, 0.5) is 5.82 Å². The van der Waals surface area contributed by atoms with Gasteiger partial charge in [-0.15, -0.1) is 0 Å². The summed E-state index contributed by atoms with van der Waals surface area (Å²) < 4.78 is 0. The Kier molecular flexibility index (Phi) is 4.72. The van der Waals surface area contributed by atoms with Crippen molar-refractivity contribution in [1.82, 2.24) is 15.3 Å². The SMILES string of the molecule is C=CC(=O)NC1CN(c2ncnc3cc(Cl)c(-c4ccccc4Cl)cc23)C1. The van der Waals surface area contributed by atoms with Gasteiger partial charge >= 0.3 is 0 Å². The summed E-state index contributed by atoms with van der Waals surface area (Å²) in [5, 5.41) is 5.00. The summed E-state index contributed by atoms with van der Waals surface area (Å²) in [5.41, 5.74) is 2.46. The third-order valence-electron chi connectivity index (χ3n) is 4.58. The normalized spacial score (nSPS) is 14.1. The topological polar surface area (TPSA) is 58.1 Å². The van der Waals surface area contributed by atoms with Crippen molar-refractivity contribution >= 4 is 45.8 Å². The molecule has 1 saturated heterocycles. The van der Waals surface area contributed by atoms with Gasteiger partial charge in [-0.05, 0) is 24.3 Å². The fourth-order valence-electron chi connectivity index (χ4n) is 3.20. The number of halogens is 2. The molecule has 7 heteroatoms. The molecular weight excluding hydrogens is 383 g/mol. The van der Waals surface area contributed by atoms with E-state index in [1.165, 1.54) is 12.4 Å². The number of rotatable bonds is 4. The van der Waals surface area contributed by atoms with Crippen molar-refractivity contribution in [2.75, 3.05) is 18.0 Å². The van der Waals surface area contributed by atoms with Crippen molar-refractivity contribution in [3.8, 4) is 11.1 Å². The standard InChI is InChI=1S/C20H16Cl2N4O/c1-2-19(27)25-12-9-26(10-12)20-15-7-14(13-5-3-4-6-16(13)21)17(22)8-18(15)23-11-24-20/h2-8,11-12H,1,9-10H2,(H,25,27). The van der Waals surface area contributed by atoms with Gasteiger partial charge in [0.15, 0.2) is 0 Å². The van der Waals surface area contributed by atoms with Crippen LogP contribution in [0.2, 0.25) is 10.0 Å². The fourth-order valence-corrected chi connectivity index (χ4v) is 3.70. The molecule has 0 spiro atoms. The van der Waals surface area contributed by atoms with Gasteiger partial charge in [-0.3, -0.25) is 4.79 Å². The van der Waals surface area contributed by atoms with E-state index in [9.17, 15) is 4.79 Å². The van der Waals surface area contributed by atoms with Crippen LogP contribution in [0, 0.1) is 0 Å². The minimum absolute atomic E-state index is 0.0795. The molecule has 1 amide bonds. The highest BCUT2D eigenvalue weighted by Crippen LogP contribution is 2.38. The van der Waals surface area contributed by atoms with Crippen LogP contribution in [0.5, 0.6) is 0 Å². The van der Waals surface area contributed by atoms with E-state index >= 15 is 0 Å². The van der Waals surface area contributed by atoms with E-state index in [2.05, 4.69) is 26.8 Å². The van der Waals surface area contributed by atoms with Crippen LogP contribution in [-0.2, 0) is 4.79 Å². The Labute approximate surface area is 166 Å². The summed E-state index contributed by atoms with van der Waals surface area (Å²) in [6, 6.07) is 11.5. The third-order valence-corrected chi connectivity index (χ3v) is 5.22. The van der Waals surface area contributed by atoms with Crippen molar-refractivity contribution in [3.05, 3.63) is 65.4 Å². The number of amides is 1. The molecule has 1 fully saturated rings. The highest BCUT2D eigenvalue weighted by atomic mass is 35.5. The van der Waals surface area contributed by atoms with Crippen LogP contribution >= 0.6 is 23.2 Å². The van der Waals surface area contributed by atoms with E-state index in [-0.39, 0.29) is 11.9 Å². The summed E-state index contributed by atoms with van der Waals surface area (Å²) in [4.78, 5) is 22.3. The Balaban J connectivity index is 1.71. The first-order chi connectivity index (χ1) is 13.1. The summed E-state index contributed by atoms with van der Waals surface area (Å²) in [6.45, 7) is 4.83. The van der Waals surface area contributed by atoms with E-state index in [4.69, 9.17) is 23.2 Å². The Morgan fingerprint density at radius 2 is 1.93 bits per heavy atom. The number of nitrogens with zero attached hydrogens (tertiary/aromatic N) is 3. The molecule has 1 aliphatic rings. The van der Waals surface area contributed by atoms with Crippen molar-refractivity contribution in [2.24, 2.45) is 0 Å². The molecule has 2 heterocycles. The molecule has 0 unspecified atom stereocenters. The maximum atomic E-state index is 11.4. The van der Waals surface area contributed by atoms with Gasteiger partial charge in [-0.25, -0.2) is 9.97 Å². The number of hydrogen-bond donors (Lipinski definition) is 1. The summed E-state index contributed by atoms with van der Waals surface area (Å²) >= 11 is 12.9. The van der Waals surface area contributed by atoms with Gasteiger partial charge in [0.05, 0.1) is 16.6 Å². The quantitative estimate of drug-likeness (QED) is 0.672. The van der Waals surface area contributed by atoms with Crippen LogP contribution in [0.15, 0.2) is 55.4 Å². The number of carbonyl (C=O) groups is 1. The van der Waals surface area contributed by atoms with Gasteiger partial charge in [-0.1, -0.05) is 48.0 Å². The lowest BCUT2D eigenvalue weighted by Crippen LogP contribution is -2.59. The first-order valence-electron chi connectivity index (χ1n) is 8.44. The van der Waals surface area contributed by atoms with Crippen molar-refractivity contribution in [1.29, 1.82) is 0 Å². The molecule has 0 saturated carbocycles. The molecule has 27 heavy (non-hydrogen) atoms. The van der Waals surface area contributed by atoms with Gasteiger partial charge in [0.25, 0.3) is 0 Å². The molecule has 1 aromatic heterocycles. The highest BCUT2D eigenvalue weighted by molar-refractivity contribution is 6.37. The van der Waals surface area contributed by atoms with Crippen LogP contribution in [0.3, 0.4) is 0 Å². The van der Waals surface area contributed by atoms with Gasteiger partial charge < -0.3 is 10.2 Å². The maximum Gasteiger partial charge on any atom is 0.243 e. The van der Waals surface area contributed by atoms with E-state index in [0.29, 0.717) is 23.1 Å². The first kappa shape index (κ1) is 17.8. The predicted octanol–water partition coefficient (Wildman–Crippen LogP) is 4.09. The van der Waals surface area contributed by atoms with Crippen molar-refractivity contribution in [3.63, 3.8) is 0 Å².